The lowest BCUT2D eigenvalue weighted by Crippen LogP contribution is -2.73. The number of amides is 2. The van der Waals surface area contributed by atoms with Gasteiger partial charge >= 0.3 is 0 Å². The van der Waals surface area contributed by atoms with Gasteiger partial charge in [-0.2, -0.15) is 0 Å². The number of carbonyl (C=O) groups excluding carboxylic acids is 2. The molecule has 5 nitrogen and oxygen atoms in total. The largest absolute Gasteiger partial charge is 0.342 e. The first-order chi connectivity index (χ1) is 15.5. The molecule has 0 aliphatic carbocycles. The summed E-state index contributed by atoms with van der Waals surface area (Å²) in [4.78, 5) is 30.9. The third kappa shape index (κ3) is 7.19. The zero-order valence-electron chi connectivity index (χ0n) is 20.9. The molecule has 3 rings (SSSR count). The maximum absolute atomic E-state index is 13.2. The smallest absolute Gasteiger partial charge is 0.246 e. The van der Waals surface area contributed by atoms with Gasteiger partial charge in [0.2, 0.25) is 11.8 Å². The summed E-state index contributed by atoms with van der Waals surface area (Å²) in [5, 5.41) is 3.09. The van der Waals surface area contributed by atoms with Gasteiger partial charge in [-0.25, -0.2) is 0 Å². The Labute approximate surface area is 207 Å². The maximum Gasteiger partial charge on any atom is 0.246 e. The van der Waals surface area contributed by atoms with E-state index >= 15 is 0 Å². The van der Waals surface area contributed by atoms with Crippen LogP contribution in [0.3, 0.4) is 0 Å². The molecule has 0 unspecified atom stereocenters. The van der Waals surface area contributed by atoms with Crippen molar-refractivity contribution in [1.29, 1.82) is 0 Å². The Hall–Kier alpha value is -1.59. The second kappa shape index (κ2) is 13.3. The minimum Gasteiger partial charge on any atom is -0.342 e. The number of rotatable bonds is 11. The van der Waals surface area contributed by atoms with Crippen molar-refractivity contribution in [2.24, 2.45) is 5.92 Å². The van der Waals surface area contributed by atoms with Crippen LogP contribution >= 0.6 is 12.4 Å². The molecule has 2 fully saturated rings. The van der Waals surface area contributed by atoms with E-state index in [1.54, 1.807) is 0 Å². The number of likely N-dealkylation sites (tertiary alicyclic amines) is 1. The van der Waals surface area contributed by atoms with Crippen molar-refractivity contribution in [3.63, 3.8) is 0 Å². The van der Waals surface area contributed by atoms with Crippen LogP contribution in [0.2, 0.25) is 0 Å². The number of unbranched alkanes of at least 4 members (excludes halogenated alkanes) is 3. The van der Waals surface area contributed by atoms with E-state index in [-0.39, 0.29) is 30.3 Å². The van der Waals surface area contributed by atoms with E-state index in [1.807, 2.05) is 4.90 Å². The fourth-order valence-corrected chi connectivity index (χ4v) is 5.36. The molecule has 6 heteroatoms. The summed E-state index contributed by atoms with van der Waals surface area (Å²) >= 11 is 0. The van der Waals surface area contributed by atoms with Crippen molar-refractivity contribution >= 4 is 24.2 Å². The van der Waals surface area contributed by atoms with Gasteiger partial charge in [0, 0.05) is 19.6 Å². The minimum absolute atomic E-state index is 0. The van der Waals surface area contributed by atoms with Gasteiger partial charge in [0.25, 0.3) is 0 Å². The molecule has 0 radical (unpaired) electrons. The molecule has 2 aliphatic rings. The van der Waals surface area contributed by atoms with Crippen molar-refractivity contribution < 1.29 is 9.59 Å². The van der Waals surface area contributed by atoms with Crippen molar-refractivity contribution in [2.75, 3.05) is 26.2 Å². The van der Waals surface area contributed by atoms with Crippen molar-refractivity contribution in [3.05, 3.63) is 35.9 Å². The molecule has 1 aromatic rings. The van der Waals surface area contributed by atoms with Crippen molar-refractivity contribution in [1.82, 2.24) is 15.1 Å². The number of piperidine rings is 1. The van der Waals surface area contributed by atoms with Gasteiger partial charge in [0.05, 0.1) is 0 Å². The van der Waals surface area contributed by atoms with Crippen molar-refractivity contribution in [2.45, 2.75) is 90.1 Å². The van der Waals surface area contributed by atoms with Gasteiger partial charge in [0.15, 0.2) is 0 Å². The number of piperazine rings is 1. The Kier molecular flexibility index (Phi) is 11.2. The van der Waals surface area contributed by atoms with E-state index in [9.17, 15) is 9.59 Å². The first-order valence-corrected chi connectivity index (χ1v) is 12.8. The van der Waals surface area contributed by atoms with Crippen LogP contribution in [0.4, 0.5) is 0 Å². The molecular weight excluding hydrogens is 434 g/mol. The first kappa shape index (κ1) is 27.7. The van der Waals surface area contributed by atoms with Crippen LogP contribution < -0.4 is 5.32 Å². The Morgan fingerprint density at radius 1 is 1.00 bits per heavy atom. The lowest BCUT2D eigenvalue weighted by molar-refractivity contribution is -0.161. The summed E-state index contributed by atoms with van der Waals surface area (Å²) < 4.78 is 0. The maximum atomic E-state index is 13.2. The molecule has 1 aromatic carbocycles. The Balaban J connectivity index is 0.00000385. The number of benzene rings is 1. The molecule has 0 saturated carbocycles. The first-order valence-electron chi connectivity index (χ1n) is 12.8. The van der Waals surface area contributed by atoms with Gasteiger partial charge in [-0.1, -0.05) is 63.9 Å². The average molecular weight is 478 g/mol. The molecule has 0 aromatic heterocycles. The van der Waals surface area contributed by atoms with Gasteiger partial charge in [-0.3, -0.25) is 9.59 Å². The molecule has 2 aliphatic heterocycles. The highest BCUT2D eigenvalue weighted by Gasteiger charge is 2.53. The Morgan fingerprint density at radius 2 is 1.67 bits per heavy atom. The average Bonchev–Trinajstić information content (AvgIpc) is 2.79. The molecule has 2 saturated heterocycles. The number of halogens is 1. The number of nitrogens with zero attached hydrogens (tertiary/aromatic N) is 2. The topological polar surface area (TPSA) is 52.7 Å². The molecule has 1 N–H and O–H groups in total. The third-order valence-electron chi connectivity index (χ3n) is 7.18. The summed E-state index contributed by atoms with van der Waals surface area (Å²) in [5.74, 6) is 0.597. The zero-order valence-corrected chi connectivity index (χ0v) is 21.7. The van der Waals surface area contributed by atoms with E-state index in [2.05, 4.69) is 61.3 Å². The van der Waals surface area contributed by atoms with Gasteiger partial charge < -0.3 is 15.1 Å². The number of hydrogen-bond acceptors (Lipinski definition) is 3. The van der Waals surface area contributed by atoms with E-state index in [4.69, 9.17) is 0 Å². The van der Waals surface area contributed by atoms with Crippen LogP contribution in [0.25, 0.3) is 0 Å². The third-order valence-corrected chi connectivity index (χ3v) is 7.18. The van der Waals surface area contributed by atoms with Crippen LogP contribution in [0.1, 0.15) is 77.7 Å². The van der Waals surface area contributed by atoms with E-state index in [0.29, 0.717) is 12.5 Å². The summed E-state index contributed by atoms with van der Waals surface area (Å²) in [5.41, 5.74) is 0.800. The molecule has 2 amide bonds. The fraction of sp³-hybridized carbons (Fsp3) is 0.704. The monoisotopic (exact) mass is 477 g/mol. The standard InChI is InChI=1S/C27H43N3O2.ClH/c1-4-17-30-25(31)24(21-22(2)3)28-26(32)27(30)15-19-29(20-16-27)18-11-6-5-8-12-23-13-9-7-10-14-23;/h7,9-10,13-14,22,24H,4-6,8,11-12,15-21H2,1-3H3,(H,28,32);1H/t24-;/m0./s1. The number of carbonyl (C=O) groups is 2. The summed E-state index contributed by atoms with van der Waals surface area (Å²) in [6.45, 7) is 9.89. The van der Waals surface area contributed by atoms with Crippen LogP contribution in [0.5, 0.6) is 0 Å². The van der Waals surface area contributed by atoms with Gasteiger partial charge in [-0.15, -0.1) is 12.4 Å². The van der Waals surface area contributed by atoms with Gasteiger partial charge in [-0.05, 0) is 63.0 Å². The van der Waals surface area contributed by atoms with Crippen LogP contribution in [0.15, 0.2) is 30.3 Å². The molecule has 33 heavy (non-hydrogen) atoms. The normalized spacial score (nSPS) is 20.7. The fourth-order valence-electron chi connectivity index (χ4n) is 5.36. The molecule has 186 valence electrons. The molecular formula is C27H44ClN3O2. The van der Waals surface area contributed by atoms with E-state index in [1.165, 1.54) is 37.7 Å². The molecule has 1 spiro atoms. The second-order valence-electron chi connectivity index (χ2n) is 10.2. The lowest BCUT2D eigenvalue weighted by Gasteiger charge is -2.52. The zero-order chi connectivity index (χ0) is 23.0. The van der Waals surface area contributed by atoms with Crippen LogP contribution in [-0.4, -0.2) is 59.4 Å². The Morgan fingerprint density at radius 3 is 2.30 bits per heavy atom. The SMILES string of the molecule is CCCN1C(=O)[C@H](CC(C)C)NC(=O)C12CCN(CCCCCCc1ccccc1)CC2.Cl. The van der Waals surface area contributed by atoms with Crippen molar-refractivity contribution in [3.8, 4) is 0 Å². The van der Waals surface area contributed by atoms with Crippen LogP contribution in [0, 0.1) is 5.92 Å². The predicted molar refractivity (Wildman–Crippen MR) is 138 cm³/mol. The lowest BCUT2D eigenvalue weighted by atomic mass is 9.80. The summed E-state index contributed by atoms with van der Waals surface area (Å²) in [6, 6.07) is 10.4. The number of nitrogens with one attached hydrogen (secondary N) is 1. The minimum atomic E-state index is -0.632. The number of hydrogen-bond donors (Lipinski definition) is 1. The highest BCUT2D eigenvalue weighted by molar-refractivity contribution is 6.00. The van der Waals surface area contributed by atoms with Crippen LogP contribution in [-0.2, 0) is 16.0 Å². The second-order valence-corrected chi connectivity index (χ2v) is 10.2. The number of aryl methyl sites for hydroxylation is 1. The summed E-state index contributed by atoms with van der Waals surface area (Å²) in [7, 11) is 0. The molecule has 0 bridgehead atoms. The predicted octanol–water partition coefficient (Wildman–Crippen LogP) is 4.83. The van der Waals surface area contributed by atoms with Gasteiger partial charge in [0.1, 0.15) is 11.6 Å². The quantitative estimate of drug-likeness (QED) is 0.464. The van der Waals surface area contributed by atoms with E-state index < -0.39 is 5.54 Å². The highest BCUT2D eigenvalue weighted by Crippen LogP contribution is 2.34. The Bertz CT molecular complexity index is 732. The molecule has 1 atom stereocenters. The van der Waals surface area contributed by atoms with E-state index in [0.717, 1.165) is 45.3 Å². The molecule has 2 heterocycles. The summed E-state index contributed by atoms with van der Waals surface area (Å²) in [6.07, 6.45) is 9.28. The highest BCUT2D eigenvalue weighted by atomic mass is 35.5.